The number of aliphatic hydroxyl groups is 1. The van der Waals surface area contributed by atoms with Crippen LogP contribution >= 0.6 is 0 Å². The maximum Gasteiger partial charge on any atom is 0.358 e. The average molecular weight is 281 g/mol. The van der Waals surface area contributed by atoms with Crippen molar-refractivity contribution in [3.63, 3.8) is 0 Å². The third-order valence-electron chi connectivity index (χ3n) is 3.38. The first-order valence-corrected chi connectivity index (χ1v) is 6.46. The van der Waals surface area contributed by atoms with E-state index in [1.165, 1.54) is 19.5 Å². The highest BCUT2D eigenvalue weighted by Gasteiger charge is 2.31. The van der Waals surface area contributed by atoms with Gasteiger partial charge in [-0.15, -0.1) is 0 Å². The van der Waals surface area contributed by atoms with Crippen LogP contribution in [0.2, 0.25) is 0 Å². The third kappa shape index (κ3) is 3.43. The van der Waals surface area contributed by atoms with E-state index in [9.17, 15) is 9.90 Å². The van der Waals surface area contributed by atoms with Gasteiger partial charge in [-0.25, -0.2) is 14.8 Å². The maximum absolute atomic E-state index is 11.3. The number of carbonyl (C=O) groups is 1. The summed E-state index contributed by atoms with van der Waals surface area (Å²) in [7, 11) is 3.12. The van der Waals surface area contributed by atoms with Crippen LogP contribution in [-0.2, 0) is 9.47 Å². The number of hydrogen-bond donors (Lipinski definition) is 1. The molecule has 1 aromatic heterocycles. The number of esters is 1. The molecule has 1 aliphatic heterocycles. The molecule has 2 rings (SSSR count). The van der Waals surface area contributed by atoms with E-state index in [0.717, 1.165) is 0 Å². The van der Waals surface area contributed by atoms with Gasteiger partial charge in [0.2, 0.25) is 0 Å². The summed E-state index contributed by atoms with van der Waals surface area (Å²) in [6.07, 6.45) is 4.07. The second-order valence-corrected chi connectivity index (χ2v) is 4.94. The van der Waals surface area contributed by atoms with Crippen molar-refractivity contribution < 1.29 is 19.4 Å². The molecule has 1 aromatic rings. The Morgan fingerprint density at radius 1 is 1.45 bits per heavy atom. The van der Waals surface area contributed by atoms with Crippen LogP contribution in [0.3, 0.4) is 0 Å². The smallest absolute Gasteiger partial charge is 0.358 e. The lowest BCUT2D eigenvalue weighted by Crippen LogP contribution is -2.46. The van der Waals surface area contributed by atoms with Gasteiger partial charge in [-0.05, 0) is 0 Å². The zero-order chi connectivity index (χ0) is 14.6. The number of anilines is 1. The molecule has 0 spiro atoms. The van der Waals surface area contributed by atoms with Crippen molar-refractivity contribution in [1.82, 2.24) is 9.97 Å². The van der Waals surface area contributed by atoms with Crippen molar-refractivity contribution in [2.75, 3.05) is 38.8 Å². The Balaban J connectivity index is 2.01. The van der Waals surface area contributed by atoms with Crippen LogP contribution in [0.4, 0.5) is 5.82 Å². The van der Waals surface area contributed by atoms with Crippen LogP contribution in [0.25, 0.3) is 0 Å². The fraction of sp³-hybridized carbons (Fsp3) is 0.615. The van der Waals surface area contributed by atoms with Crippen LogP contribution in [0.1, 0.15) is 23.3 Å². The monoisotopic (exact) mass is 281 g/mol. The van der Waals surface area contributed by atoms with Crippen LogP contribution in [0.15, 0.2) is 12.4 Å². The maximum atomic E-state index is 11.3. The van der Waals surface area contributed by atoms with Gasteiger partial charge in [0.25, 0.3) is 0 Å². The van der Waals surface area contributed by atoms with Gasteiger partial charge in [0.15, 0.2) is 5.69 Å². The summed E-state index contributed by atoms with van der Waals surface area (Å²) in [5.41, 5.74) is -0.607. The Morgan fingerprint density at radius 3 is 2.70 bits per heavy atom. The highest BCUT2D eigenvalue weighted by atomic mass is 16.5. The standard InChI is InChI=1S/C13H19N3O4/c1-16(9-13(18)3-5-20-6-4-13)11-8-14-10(7-15-11)12(17)19-2/h7-8,18H,3-6,9H2,1-2H3. The summed E-state index contributed by atoms with van der Waals surface area (Å²) in [4.78, 5) is 21.3. The predicted molar refractivity (Wildman–Crippen MR) is 71.6 cm³/mol. The van der Waals surface area contributed by atoms with Gasteiger partial charge in [-0.3, -0.25) is 0 Å². The van der Waals surface area contributed by atoms with Crippen LogP contribution in [0.5, 0.6) is 0 Å². The summed E-state index contributed by atoms with van der Waals surface area (Å²) >= 11 is 0. The van der Waals surface area contributed by atoms with Gasteiger partial charge >= 0.3 is 5.97 Å². The van der Waals surface area contributed by atoms with Crippen LogP contribution in [0, 0.1) is 0 Å². The SMILES string of the molecule is COC(=O)c1cnc(N(C)CC2(O)CCOCC2)cn1. The zero-order valence-corrected chi connectivity index (χ0v) is 11.7. The Morgan fingerprint density at radius 2 is 2.15 bits per heavy atom. The molecule has 0 atom stereocenters. The lowest BCUT2D eigenvalue weighted by atomic mass is 9.94. The van der Waals surface area contributed by atoms with Crippen LogP contribution < -0.4 is 4.90 Å². The van der Waals surface area contributed by atoms with E-state index < -0.39 is 11.6 Å². The van der Waals surface area contributed by atoms with Gasteiger partial charge in [-0.1, -0.05) is 0 Å². The first-order chi connectivity index (χ1) is 9.54. The molecule has 7 heteroatoms. The van der Waals surface area contributed by atoms with Gasteiger partial charge in [0.05, 0.1) is 25.1 Å². The first-order valence-electron chi connectivity index (χ1n) is 6.46. The molecule has 0 aromatic carbocycles. The molecule has 0 amide bonds. The molecule has 0 saturated carbocycles. The van der Waals surface area contributed by atoms with E-state index in [1.807, 2.05) is 11.9 Å². The van der Waals surface area contributed by atoms with Crippen molar-refractivity contribution in [2.45, 2.75) is 18.4 Å². The van der Waals surface area contributed by atoms with Crippen LogP contribution in [-0.4, -0.2) is 60.6 Å². The molecule has 7 nitrogen and oxygen atoms in total. The van der Waals surface area contributed by atoms with Crippen molar-refractivity contribution in [1.29, 1.82) is 0 Å². The van der Waals surface area contributed by atoms with Crippen molar-refractivity contribution in [2.24, 2.45) is 0 Å². The van der Waals surface area contributed by atoms with Gasteiger partial charge in [0, 0.05) is 39.6 Å². The molecule has 110 valence electrons. The third-order valence-corrected chi connectivity index (χ3v) is 3.38. The lowest BCUT2D eigenvalue weighted by Gasteiger charge is -2.35. The van der Waals surface area contributed by atoms with E-state index >= 15 is 0 Å². The quantitative estimate of drug-likeness (QED) is 0.791. The number of likely N-dealkylation sites (N-methyl/N-ethyl adjacent to an activating group) is 1. The molecule has 0 unspecified atom stereocenters. The Labute approximate surface area is 117 Å². The van der Waals surface area contributed by atoms with E-state index in [4.69, 9.17) is 4.74 Å². The van der Waals surface area contributed by atoms with E-state index in [0.29, 0.717) is 38.4 Å². The summed E-state index contributed by atoms with van der Waals surface area (Å²) in [5, 5.41) is 10.4. The number of rotatable bonds is 4. The molecular formula is C13H19N3O4. The molecule has 1 fully saturated rings. The molecule has 0 aliphatic carbocycles. The predicted octanol–water partition coefficient (Wildman–Crippen LogP) is 0.241. The fourth-order valence-corrected chi connectivity index (χ4v) is 2.16. The van der Waals surface area contributed by atoms with Gasteiger partial charge in [-0.2, -0.15) is 0 Å². The number of methoxy groups -OCH3 is 1. The Kier molecular flexibility index (Phi) is 4.51. The molecular weight excluding hydrogens is 262 g/mol. The van der Waals surface area contributed by atoms with Crippen molar-refractivity contribution >= 4 is 11.8 Å². The fourth-order valence-electron chi connectivity index (χ4n) is 2.16. The van der Waals surface area contributed by atoms with E-state index in [-0.39, 0.29) is 5.69 Å². The molecule has 0 radical (unpaired) electrons. The molecule has 2 heterocycles. The van der Waals surface area contributed by atoms with E-state index in [2.05, 4.69) is 14.7 Å². The number of aromatic nitrogens is 2. The highest BCUT2D eigenvalue weighted by molar-refractivity contribution is 5.86. The van der Waals surface area contributed by atoms with Crippen molar-refractivity contribution in [3.8, 4) is 0 Å². The minimum Gasteiger partial charge on any atom is -0.464 e. The van der Waals surface area contributed by atoms with Gasteiger partial charge in [0.1, 0.15) is 5.82 Å². The van der Waals surface area contributed by atoms with Gasteiger partial charge < -0.3 is 19.5 Å². The number of hydrogen-bond acceptors (Lipinski definition) is 7. The molecule has 0 bridgehead atoms. The minimum absolute atomic E-state index is 0.162. The summed E-state index contributed by atoms with van der Waals surface area (Å²) in [6.45, 7) is 1.58. The number of ether oxygens (including phenoxy) is 2. The minimum atomic E-state index is -0.768. The second-order valence-electron chi connectivity index (χ2n) is 4.94. The highest BCUT2D eigenvalue weighted by Crippen LogP contribution is 2.22. The summed E-state index contributed by atoms with van der Waals surface area (Å²) < 4.78 is 9.81. The average Bonchev–Trinajstić information content (AvgIpc) is 2.47. The Bertz CT molecular complexity index is 457. The Hall–Kier alpha value is -1.73. The van der Waals surface area contributed by atoms with Crippen molar-refractivity contribution in [3.05, 3.63) is 18.1 Å². The molecule has 1 saturated heterocycles. The lowest BCUT2D eigenvalue weighted by molar-refractivity contribution is -0.0573. The zero-order valence-electron chi connectivity index (χ0n) is 11.7. The first kappa shape index (κ1) is 14.7. The summed E-state index contributed by atoms with van der Waals surface area (Å²) in [5.74, 6) is 0.0762. The molecule has 20 heavy (non-hydrogen) atoms. The molecule has 1 N–H and O–H groups in total. The summed E-state index contributed by atoms with van der Waals surface area (Å²) in [6, 6.07) is 0. The second kappa shape index (κ2) is 6.15. The molecule has 1 aliphatic rings. The number of carbonyl (C=O) groups excluding carboxylic acids is 1. The normalized spacial score (nSPS) is 17.6. The largest absolute Gasteiger partial charge is 0.464 e. The topological polar surface area (TPSA) is 84.8 Å². The number of nitrogens with zero attached hydrogens (tertiary/aromatic N) is 3. The van der Waals surface area contributed by atoms with E-state index in [1.54, 1.807) is 0 Å².